The van der Waals surface area contributed by atoms with Crippen molar-refractivity contribution in [1.29, 1.82) is 0 Å². The summed E-state index contributed by atoms with van der Waals surface area (Å²) in [7, 11) is 2.01. The minimum Gasteiger partial charge on any atom is -0.349 e. The first-order valence-corrected chi connectivity index (χ1v) is 3.51. The fourth-order valence-corrected chi connectivity index (χ4v) is 1.33. The first-order valence-electron chi connectivity index (χ1n) is 3.51. The molecule has 0 spiro atoms. The molecule has 0 amide bonds. The lowest BCUT2D eigenvalue weighted by atomic mass is 10.3. The fourth-order valence-electron chi connectivity index (χ4n) is 1.33. The Morgan fingerprint density at radius 3 is 2.73 bits per heavy atom. The van der Waals surface area contributed by atoms with E-state index in [9.17, 15) is 0 Å². The number of nitrogens with zero attached hydrogens (tertiary/aromatic N) is 3. The van der Waals surface area contributed by atoms with Crippen molar-refractivity contribution >= 4 is 10.9 Å². The zero-order chi connectivity index (χ0) is 7.84. The molecule has 2 aromatic rings. The summed E-state index contributed by atoms with van der Waals surface area (Å²) in [6.45, 7) is 2.07. The number of rotatable bonds is 0. The number of aryl methyl sites for hydroxylation is 2. The van der Waals surface area contributed by atoms with E-state index in [1.165, 1.54) is 10.9 Å². The molecular formula is C8H9N3. The first kappa shape index (κ1) is 6.34. The summed E-state index contributed by atoms with van der Waals surface area (Å²) in [4.78, 5) is 0. The van der Waals surface area contributed by atoms with Crippen molar-refractivity contribution in [1.82, 2.24) is 14.8 Å². The van der Waals surface area contributed by atoms with Gasteiger partial charge in [0.15, 0.2) is 0 Å². The van der Waals surface area contributed by atoms with Gasteiger partial charge in [0.25, 0.3) is 0 Å². The molecule has 0 aliphatic heterocycles. The molecule has 0 saturated heterocycles. The molecule has 2 aromatic heterocycles. The first-order chi connectivity index (χ1) is 5.29. The van der Waals surface area contributed by atoms with Crippen molar-refractivity contribution in [3.05, 3.63) is 24.2 Å². The molecule has 0 aliphatic rings. The highest BCUT2D eigenvalue weighted by molar-refractivity contribution is 5.81. The summed E-state index contributed by atoms with van der Waals surface area (Å²) in [6.07, 6.45) is 5.65. The molecule has 0 fully saturated rings. The largest absolute Gasteiger partial charge is 0.349 e. The summed E-state index contributed by atoms with van der Waals surface area (Å²) < 4.78 is 2.05. The summed E-state index contributed by atoms with van der Waals surface area (Å²) in [5, 5.41) is 8.82. The molecule has 0 N–H and O–H groups in total. The third-order valence-corrected chi connectivity index (χ3v) is 1.90. The topological polar surface area (TPSA) is 30.7 Å². The van der Waals surface area contributed by atoms with Crippen molar-refractivity contribution in [2.24, 2.45) is 7.05 Å². The molecule has 2 heterocycles. The Balaban J connectivity index is 2.95. The van der Waals surface area contributed by atoms with E-state index < -0.39 is 0 Å². The predicted molar refractivity (Wildman–Crippen MR) is 43.2 cm³/mol. The van der Waals surface area contributed by atoms with Crippen LogP contribution in [0.2, 0.25) is 0 Å². The Bertz CT molecular complexity index is 353. The molecule has 0 aliphatic carbocycles. The van der Waals surface area contributed by atoms with Gasteiger partial charge in [-0.2, -0.15) is 10.2 Å². The Kier molecular flexibility index (Phi) is 1.18. The molecule has 0 atom stereocenters. The fraction of sp³-hybridized carbons (Fsp3) is 0.250. The second-order valence-electron chi connectivity index (χ2n) is 2.71. The van der Waals surface area contributed by atoms with E-state index in [4.69, 9.17) is 0 Å². The maximum atomic E-state index is 3.82. The highest BCUT2D eigenvalue weighted by atomic mass is 15.1. The van der Waals surface area contributed by atoms with Crippen LogP contribution < -0.4 is 0 Å². The number of fused-ring (bicyclic) bond motifs is 1. The van der Waals surface area contributed by atoms with Crippen LogP contribution in [0.3, 0.4) is 0 Å². The molecule has 3 nitrogen and oxygen atoms in total. The Labute approximate surface area is 64.7 Å². The monoisotopic (exact) mass is 147 g/mol. The van der Waals surface area contributed by atoms with Gasteiger partial charge in [0.05, 0.1) is 17.9 Å². The Morgan fingerprint density at radius 1 is 1.27 bits per heavy atom. The van der Waals surface area contributed by atoms with Gasteiger partial charge in [0, 0.05) is 18.6 Å². The Hall–Kier alpha value is -1.38. The van der Waals surface area contributed by atoms with Crippen molar-refractivity contribution in [2.45, 2.75) is 6.92 Å². The third-order valence-electron chi connectivity index (χ3n) is 1.90. The molecule has 0 aromatic carbocycles. The molecule has 0 saturated carbocycles. The number of hydrogen-bond donors (Lipinski definition) is 0. The second kappa shape index (κ2) is 2.05. The van der Waals surface area contributed by atoms with Gasteiger partial charge in [-0.1, -0.05) is 0 Å². The standard InChI is InChI=1S/C8H9N3/c1-6-5-11(2)8-4-10-9-3-7(6)8/h3-5H,1-2H3. The van der Waals surface area contributed by atoms with Crippen molar-refractivity contribution < 1.29 is 0 Å². The van der Waals surface area contributed by atoms with Gasteiger partial charge in [-0.15, -0.1) is 0 Å². The number of aromatic nitrogens is 3. The van der Waals surface area contributed by atoms with E-state index >= 15 is 0 Å². The highest BCUT2D eigenvalue weighted by Gasteiger charge is 2.00. The van der Waals surface area contributed by atoms with Crippen LogP contribution in [0.25, 0.3) is 10.9 Å². The van der Waals surface area contributed by atoms with Gasteiger partial charge in [-0.25, -0.2) is 0 Å². The zero-order valence-electron chi connectivity index (χ0n) is 6.57. The average Bonchev–Trinajstić information content (AvgIpc) is 2.30. The molecule has 0 bridgehead atoms. The van der Waals surface area contributed by atoms with Crippen LogP contribution in [-0.2, 0) is 7.05 Å². The van der Waals surface area contributed by atoms with Crippen LogP contribution >= 0.6 is 0 Å². The van der Waals surface area contributed by atoms with E-state index in [2.05, 4.69) is 27.9 Å². The highest BCUT2D eigenvalue weighted by Crippen LogP contribution is 2.16. The van der Waals surface area contributed by atoms with Gasteiger partial charge in [-0.3, -0.25) is 0 Å². The van der Waals surface area contributed by atoms with Gasteiger partial charge in [-0.05, 0) is 12.5 Å². The van der Waals surface area contributed by atoms with E-state index in [-0.39, 0.29) is 0 Å². The molecule has 2 rings (SSSR count). The maximum Gasteiger partial charge on any atom is 0.0739 e. The summed E-state index contributed by atoms with van der Waals surface area (Å²) >= 11 is 0. The molecule has 56 valence electrons. The third kappa shape index (κ3) is 0.808. The van der Waals surface area contributed by atoms with E-state index in [1.807, 2.05) is 7.05 Å². The molecule has 11 heavy (non-hydrogen) atoms. The normalized spacial score (nSPS) is 10.7. The number of hydrogen-bond acceptors (Lipinski definition) is 2. The second-order valence-corrected chi connectivity index (χ2v) is 2.71. The maximum absolute atomic E-state index is 3.82. The molecule has 3 heteroatoms. The van der Waals surface area contributed by atoms with Crippen molar-refractivity contribution in [2.75, 3.05) is 0 Å². The van der Waals surface area contributed by atoms with E-state index in [0.29, 0.717) is 0 Å². The lowest BCUT2D eigenvalue weighted by Gasteiger charge is -1.91. The van der Waals surface area contributed by atoms with Gasteiger partial charge >= 0.3 is 0 Å². The minimum absolute atomic E-state index is 1.14. The van der Waals surface area contributed by atoms with Crippen molar-refractivity contribution in [3.63, 3.8) is 0 Å². The van der Waals surface area contributed by atoms with Crippen LogP contribution in [-0.4, -0.2) is 14.8 Å². The molecule has 0 radical (unpaired) electrons. The lowest BCUT2D eigenvalue weighted by Crippen LogP contribution is -1.85. The summed E-state index contributed by atoms with van der Waals surface area (Å²) in [6, 6.07) is 0. The van der Waals surface area contributed by atoms with Gasteiger partial charge in [0.1, 0.15) is 0 Å². The van der Waals surface area contributed by atoms with E-state index in [0.717, 1.165) is 5.52 Å². The lowest BCUT2D eigenvalue weighted by molar-refractivity contribution is 0.949. The minimum atomic E-state index is 1.14. The van der Waals surface area contributed by atoms with Gasteiger partial charge < -0.3 is 4.57 Å². The van der Waals surface area contributed by atoms with E-state index in [1.54, 1.807) is 12.4 Å². The van der Waals surface area contributed by atoms with Crippen LogP contribution in [0.5, 0.6) is 0 Å². The van der Waals surface area contributed by atoms with Crippen LogP contribution in [0.15, 0.2) is 18.6 Å². The SMILES string of the molecule is Cc1cn(C)c2cnncc12. The summed E-state index contributed by atoms with van der Waals surface area (Å²) in [5.74, 6) is 0. The molecule has 0 unspecified atom stereocenters. The smallest absolute Gasteiger partial charge is 0.0739 e. The predicted octanol–water partition coefficient (Wildman–Crippen LogP) is 1.28. The van der Waals surface area contributed by atoms with Crippen molar-refractivity contribution in [3.8, 4) is 0 Å². The average molecular weight is 147 g/mol. The Morgan fingerprint density at radius 2 is 2.00 bits per heavy atom. The van der Waals surface area contributed by atoms with Gasteiger partial charge in [0.2, 0.25) is 0 Å². The zero-order valence-corrected chi connectivity index (χ0v) is 6.57. The summed E-state index contributed by atoms with van der Waals surface area (Å²) in [5.41, 5.74) is 2.38. The van der Waals surface area contributed by atoms with Crippen LogP contribution in [0.1, 0.15) is 5.56 Å². The quantitative estimate of drug-likeness (QED) is 0.562. The van der Waals surface area contributed by atoms with Crippen LogP contribution in [0.4, 0.5) is 0 Å². The molecular weight excluding hydrogens is 138 g/mol. The van der Waals surface area contributed by atoms with Crippen LogP contribution in [0, 0.1) is 6.92 Å².